The molecule has 0 spiro atoms. The molecule has 0 aliphatic heterocycles. The summed E-state index contributed by atoms with van der Waals surface area (Å²) < 4.78 is 34.9. The highest BCUT2D eigenvalue weighted by molar-refractivity contribution is 7.92. The van der Waals surface area contributed by atoms with Crippen LogP contribution in [0.15, 0.2) is 108 Å². The lowest BCUT2D eigenvalue weighted by molar-refractivity contribution is -0.140. The number of rotatable bonds is 15. The van der Waals surface area contributed by atoms with E-state index in [1.165, 1.54) is 17.0 Å². The number of halogens is 2. The minimum absolute atomic E-state index is 0.0198. The topological polar surface area (TPSA) is 96.0 Å². The Morgan fingerprint density at radius 3 is 2.00 bits per heavy atom. The Kier molecular flexibility index (Phi) is 12.7. The molecule has 0 saturated heterocycles. The van der Waals surface area contributed by atoms with E-state index < -0.39 is 28.5 Å². The number of nitrogens with one attached hydrogen (secondary N) is 1. The van der Waals surface area contributed by atoms with Gasteiger partial charge in [-0.3, -0.25) is 13.9 Å². The summed E-state index contributed by atoms with van der Waals surface area (Å²) in [4.78, 5) is 29.9. The number of hydrogen-bond acceptors (Lipinski definition) is 5. The summed E-state index contributed by atoms with van der Waals surface area (Å²) in [5.74, 6) is -0.465. The van der Waals surface area contributed by atoms with Crippen molar-refractivity contribution >= 4 is 50.7 Å². The Hall–Kier alpha value is -4.05. The van der Waals surface area contributed by atoms with Crippen molar-refractivity contribution in [1.29, 1.82) is 0 Å². The van der Waals surface area contributed by atoms with E-state index in [0.29, 0.717) is 34.4 Å². The average Bonchev–Trinajstić information content (AvgIpc) is 3.07. The van der Waals surface area contributed by atoms with E-state index >= 15 is 0 Å². The number of carbonyl (C=O) groups excluding carboxylic acids is 2. The van der Waals surface area contributed by atoms with Gasteiger partial charge in [-0.15, -0.1) is 0 Å². The minimum Gasteiger partial charge on any atom is -0.494 e. The Balaban J connectivity index is 1.81. The van der Waals surface area contributed by atoms with Crippen molar-refractivity contribution in [2.75, 3.05) is 17.5 Å². The van der Waals surface area contributed by atoms with Gasteiger partial charge in [0.2, 0.25) is 11.8 Å². The summed E-state index contributed by atoms with van der Waals surface area (Å²) in [5, 5.41) is 3.65. The van der Waals surface area contributed by atoms with E-state index in [-0.39, 0.29) is 35.5 Å². The number of anilines is 1. The molecule has 248 valence electrons. The molecule has 2 amide bonds. The molecule has 0 bridgehead atoms. The van der Waals surface area contributed by atoms with Gasteiger partial charge in [-0.05, 0) is 74.4 Å². The van der Waals surface area contributed by atoms with E-state index in [1.807, 2.05) is 51.1 Å². The molecule has 0 aliphatic carbocycles. The molecule has 4 rings (SSSR count). The predicted octanol–water partition coefficient (Wildman–Crippen LogP) is 7.14. The Morgan fingerprint density at radius 1 is 0.830 bits per heavy atom. The first-order valence-electron chi connectivity index (χ1n) is 15.4. The number of nitrogens with zero attached hydrogens (tertiary/aromatic N) is 2. The number of sulfonamides is 1. The lowest BCUT2D eigenvalue weighted by Gasteiger charge is -2.34. The van der Waals surface area contributed by atoms with Gasteiger partial charge in [-0.1, -0.05) is 84.7 Å². The molecule has 8 nitrogen and oxygen atoms in total. The fourth-order valence-corrected chi connectivity index (χ4v) is 6.90. The molecular formula is C36H39Cl2N3O5S. The maximum absolute atomic E-state index is 14.6. The monoisotopic (exact) mass is 695 g/mol. The Morgan fingerprint density at radius 2 is 1.43 bits per heavy atom. The van der Waals surface area contributed by atoms with Gasteiger partial charge in [-0.2, -0.15) is 0 Å². The quantitative estimate of drug-likeness (QED) is 0.143. The van der Waals surface area contributed by atoms with Gasteiger partial charge in [0.05, 0.1) is 17.2 Å². The van der Waals surface area contributed by atoms with Crippen molar-refractivity contribution in [2.45, 2.75) is 57.1 Å². The van der Waals surface area contributed by atoms with Crippen LogP contribution in [0.5, 0.6) is 5.75 Å². The number of carbonyl (C=O) groups is 2. The smallest absolute Gasteiger partial charge is 0.264 e. The van der Waals surface area contributed by atoms with Crippen LogP contribution in [0.3, 0.4) is 0 Å². The molecule has 11 heteroatoms. The fraction of sp³-hybridized carbons (Fsp3) is 0.278. The number of ether oxygens (including phenoxy) is 1. The SMILES string of the molecule is CCOc1ccc(S(=O)(=O)N(CC(=O)N(Cc2c(Cl)cccc2Cl)C(Cc2ccccc2)C(=O)NC(C)CC)c2ccccc2)cc1. The number of amides is 2. The summed E-state index contributed by atoms with van der Waals surface area (Å²) in [7, 11) is -4.25. The second-order valence-corrected chi connectivity index (χ2v) is 13.7. The van der Waals surface area contributed by atoms with Gasteiger partial charge < -0.3 is 15.0 Å². The van der Waals surface area contributed by atoms with Crippen LogP contribution in [0.2, 0.25) is 10.0 Å². The van der Waals surface area contributed by atoms with Gasteiger partial charge in [0.15, 0.2) is 0 Å². The van der Waals surface area contributed by atoms with Crippen LogP contribution in [0.4, 0.5) is 5.69 Å². The van der Waals surface area contributed by atoms with Gasteiger partial charge in [0.25, 0.3) is 10.0 Å². The third kappa shape index (κ3) is 9.28. The maximum atomic E-state index is 14.6. The highest BCUT2D eigenvalue weighted by Gasteiger charge is 2.35. The molecule has 0 saturated carbocycles. The van der Waals surface area contributed by atoms with Crippen molar-refractivity contribution < 1.29 is 22.7 Å². The maximum Gasteiger partial charge on any atom is 0.264 e. The first-order chi connectivity index (χ1) is 22.5. The van der Waals surface area contributed by atoms with Crippen LogP contribution in [-0.2, 0) is 32.6 Å². The number of hydrogen-bond donors (Lipinski definition) is 1. The molecule has 0 radical (unpaired) electrons. The lowest BCUT2D eigenvalue weighted by atomic mass is 10.0. The second kappa shape index (κ2) is 16.7. The summed E-state index contributed by atoms with van der Waals surface area (Å²) in [6.07, 6.45) is 0.851. The van der Waals surface area contributed by atoms with E-state index in [0.717, 1.165) is 9.87 Å². The molecule has 1 N–H and O–H groups in total. The Bertz CT molecular complexity index is 1720. The molecule has 0 heterocycles. The average molecular weight is 697 g/mol. The third-order valence-corrected chi connectivity index (χ3v) is 10.2. The predicted molar refractivity (Wildman–Crippen MR) is 187 cm³/mol. The summed E-state index contributed by atoms with van der Waals surface area (Å²) in [5.41, 5.74) is 1.55. The van der Waals surface area contributed by atoms with Crippen LogP contribution in [0, 0.1) is 0 Å². The highest BCUT2D eigenvalue weighted by atomic mass is 35.5. The largest absolute Gasteiger partial charge is 0.494 e. The molecule has 4 aromatic carbocycles. The molecule has 0 fully saturated rings. The summed E-state index contributed by atoms with van der Waals surface area (Å²) in [6, 6.07) is 27.6. The fourth-order valence-electron chi connectivity index (χ4n) is 4.97. The van der Waals surface area contributed by atoms with Crippen LogP contribution < -0.4 is 14.4 Å². The van der Waals surface area contributed by atoms with Crippen LogP contribution in [0.1, 0.15) is 38.3 Å². The molecule has 2 unspecified atom stereocenters. The van der Waals surface area contributed by atoms with Crippen LogP contribution >= 0.6 is 23.2 Å². The van der Waals surface area contributed by atoms with Gasteiger partial charge in [0.1, 0.15) is 18.3 Å². The summed E-state index contributed by atoms with van der Waals surface area (Å²) in [6.45, 7) is 5.38. The van der Waals surface area contributed by atoms with E-state index in [9.17, 15) is 18.0 Å². The van der Waals surface area contributed by atoms with Crippen molar-refractivity contribution in [2.24, 2.45) is 0 Å². The first kappa shape index (κ1) is 35.8. The lowest BCUT2D eigenvalue weighted by Crippen LogP contribution is -2.54. The second-order valence-electron chi connectivity index (χ2n) is 11.0. The van der Waals surface area contributed by atoms with Crippen molar-refractivity contribution in [1.82, 2.24) is 10.2 Å². The molecule has 2 atom stereocenters. The third-order valence-electron chi connectivity index (χ3n) is 7.71. The van der Waals surface area contributed by atoms with Crippen LogP contribution in [0.25, 0.3) is 0 Å². The van der Waals surface area contributed by atoms with Gasteiger partial charge in [-0.25, -0.2) is 8.42 Å². The van der Waals surface area contributed by atoms with Crippen LogP contribution in [-0.4, -0.2) is 50.4 Å². The van der Waals surface area contributed by atoms with Gasteiger partial charge in [0, 0.05) is 34.6 Å². The van der Waals surface area contributed by atoms with Crippen molar-refractivity contribution in [3.05, 3.63) is 124 Å². The normalized spacial score (nSPS) is 12.5. The molecule has 0 aromatic heterocycles. The molecule has 4 aromatic rings. The summed E-state index contributed by atoms with van der Waals surface area (Å²) >= 11 is 13.2. The number of para-hydroxylation sites is 1. The van der Waals surface area contributed by atoms with Crippen molar-refractivity contribution in [3.63, 3.8) is 0 Å². The zero-order valence-electron chi connectivity index (χ0n) is 26.6. The molecular weight excluding hydrogens is 657 g/mol. The Labute approximate surface area is 287 Å². The molecule has 47 heavy (non-hydrogen) atoms. The zero-order chi connectivity index (χ0) is 34.0. The van der Waals surface area contributed by atoms with E-state index in [2.05, 4.69) is 5.32 Å². The number of benzene rings is 4. The standard InChI is InChI=1S/C36H39Cl2N3O5S/c1-4-26(3)39-36(43)34(23-27-13-8-6-9-14-27)40(24-31-32(37)17-12-18-33(31)38)35(42)25-41(28-15-10-7-11-16-28)47(44,45)30-21-19-29(20-22-30)46-5-2/h6-22,26,34H,4-5,23-25H2,1-3H3,(H,39,43). The van der Waals surface area contributed by atoms with E-state index in [4.69, 9.17) is 27.9 Å². The minimum atomic E-state index is -4.25. The molecule has 0 aliphatic rings. The van der Waals surface area contributed by atoms with Crippen molar-refractivity contribution in [3.8, 4) is 5.75 Å². The van der Waals surface area contributed by atoms with E-state index in [1.54, 1.807) is 60.7 Å². The first-order valence-corrected chi connectivity index (χ1v) is 17.6. The zero-order valence-corrected chi connectivity index (χ0v) is 28.9. The van der Waals surface area contributed by atoms with Gasteiger partial charge >= 0.3 is 0 Å². The highest BCUT2D eigenvalue weighted by Crippen LogP contribution is 2.29.